The summed E-state index contributed by atoms with van der Waals surface area (Å²) in [4.78, 5) is 17.2. The van der Waals surface area contributed by atoms with Gasteiger partial charge in [0, 0.05) is 7.05 Å². The van der Waals surface area contributed by atoms with Gasteiger partial charge in [-0.15, -0.1) is 0 Å². The zero-order chi connectivity index (χ0) is 16.2. The molecule has 0 aliphatic rings. The molecule has 3 aromatic rings. The van der Waals surface area contributed by atoms with Crippen molar-refractivity contribution in [2.75, 3.05) is 6.61 Å². The van der Waals surface area contributed by atoms with E-state index in [0.29, 0.717) is 13.0 Å². The smallest absolute Gasteiger partial charge is 0.252 e. The third kappa shape index (κ3) is 3.51. The lowest BCUT2D eigenvalue weighted by molar-refractivity contribution is -0.117. The van der Waals surface area contributed by atoms with Crippen LogP contribution in [0.2, 0.25) is 0 Å². The maximum absolute atomic E-state index is 12.2. The Balaban J connectivity index is 1.81. The number of rotatable bonds is 4. The Labute approximate surface area is 138 Å². The second-order valence-corrected chi connectivity index (χ2v) is 6.18. The molecule has 0 radical (unpaired) electrons. The number of para-hydroxylation sites is 1. The molecule has 1 heterocycles. The van der Waals surface area contributed by atoms with Crippen LogP contribution in [0.15, 0.2) is 53.5 Å². The van der Waals surface area contributed by atoms with Crippen molar-refractivity contribution in [3.05, 3.63) is 58.9 Å². The predicted octanol–water partition coefficient (Wildman–Crippen LogP) is 3.31. The topological polar surface area (TPSA) is 43.6 Å². The zero-order valence-corrected chi connectivity index (χ0v) is 14.0. The maximum Gasteiger partial charge on any atom is 0.252 e. The molecule has 3 rings (SSSR count). The van der Waals surface area contributed by atoms with E-state index in [2.05, 4.69) is 4.99 Å². The number of thiazole rings is 1. The molecule has 0 aliphatic carbocycles. The molecule has 2 aromatic carbocycles. The lowest BCUT2D eigenvalue weighted by Gasteiger charge is -2.03. The van der Waals surface area contributed by atoms with E-state index >= 15 is 0 Å². The highest BCUT2D eigenvalue weighted by Crippen LogP contribution is 2.15. The van der Waals surface area contributed by atoms with Gasteiger partial charge in [-0.05, 0) is 36.8 Å². The van der Waals surface area contributed by atoms with Gasteiger partial charge in [-0.2, -0.15) is 4.99 Å². The van der Waals surface area contributed by atoms with Crippen molar-refractivity contribution in [3.63, 3.8) is 0 Å². The number of hydrogen-bond acceptors (Lipinski definition) is 3. The molecule has 4 nitrogen and oxygen atoms in total. The molecular weight excluding hydrogens is 308 g/mol. The maximum atomic E-state index is 12.2. The Morgan fingerprint density at radius 3 is 2.61 bits per heavy atom. The Kier molecular flexibility index (Phi) is 4.57. The summed E-state index contributed by atoms with van der Waals surface area (Å²) in [5.74, 6) is 0.674. The van der Waals surface area contributed by atoms with Gasteiger partial charge in [0.2, 0.25) is 0 Å². The highest BCUT2D eigenvalue weighted by atomic mass is 32.1. The molecule has 1 amide bonds. The highest BCUT2D eigenvalue weighted by Gasteiger charge is 2.06. The number of hydrogen-bond donors (Lipinski definition) is 0. The van der Waals surface area contributed by atoms with E-state index in [1.54, 1.807) is 0 Å². The van der Waals surface area contributed by atoms with Crippen LogP contribution in [0.5, 0.6) is 5.75 Å². The third-order valence-corrected chi connectivity index (χ3v) is 4.64. The first-order valence-corrected chi connectivity index (χ1v) is 8.33. The largest absolute Gasteiger partial charge is 0.494 e. The summed E-state index contributed by atoms with van der Waals surface area (Å²) in [6, 6.07) is 15.6. The minimum Gasteiger partial charge on any atom is -0.494 e. The standard InChI is InChI=1S/C18H18N2O2S/c1-3-22-14-10-8-13(9-11-14)12-17(21)19-18-20(2)15-6-4-5-7-16(15)23-18/h4-11H,3,12H2,1-2H3. The molecule has 0 saturated carbocycles. The molecule has 0 fully saturated rings. The van der Waals surface area contributed by atoms with Crippen LogP contribution in [0, 0.1) is 0 Å². The van der Waals surface area contributed by atoms with Crippen LogP contribution >= 0.6 is 11.3 Å². The van der Waals surface area contributed by atoms with Crippen molar-refractivity contribution in [3.8, 4) is 5.75 Å². The van der Waals surface area contributed by atoms with Gasteiger partial charge < -0.3 is 9.30 Å². The molecule has 0 unspecified atom stereocenters. The van der Waals surface area contributed by atoms with E-state index in [9.17, 15) is 4.79 Å². The van der Waals surface area contributed by atoms with Crippen LogP contribution in [-0.2, 0) is 18.3 Å². The first-order valence-electron chi connectivity index (χ1n) is 7.51. The number of ether oxygens (including phenoxy) is 1. The van der Waals surface area contributed by atoms with Gasteiger partial charge in [-0.1, -0.05) is 35.6 Å². The molecule has 0 N–H and O–H groups in total. The predicted molar refractivity (Wildman–Crippen MR) is 92.7 cm³/mol. The highest BCUT2D eigenvalue weighted by molar-refractivity contribution is 7.16. The fourth-order valence-electron chi connectivity index (χ4n) is 2.38. The number of carbonyl (C=O) groups excluding carboxylic acids is 1. The summed E-state index contributed by atoms with van der Waals surface area (Å²) in [6.45, 7) is 2.58. The average Bonchev–Trinajstić information content (AvgIpc) is 2.86. The quantitative estimate of drug-likeness (QED) is 0.738. The van der Waals surface area contributed by atoms with Gasteiger partial charge in [-0.3, -0.25) is 4.79 Å². The lowest BCUT2D eigenvalue weighted by atomic mass is 10.1. The molecule has 0 atom stereocenters. The SMILES string of the molecule is CCOc1ccc(CC(=O)N=c2sc3ccccc3n2C)cc1. The van der Waals surface area contributed by atoms with E-state index in [1.165, 1.54) is 11.3 Å². The third-order valence-electron chi connectivity index (χ3n) is 3.52. The molecule has 5 heteroatoms. The van der Waals surface area contributed by atoms with Crippen LogP contribution < -0.4 is 9.54 Å². The van der Waals surface area contributed by atoms with Crippen LogP contribution in [-0.4, -0.2) is 17.1 Å². The Morgan fingerprint density at radius 1 is 1.17 bits per heavy atom. The fraction of sp³-hybridized carbons (Fsp3) is 0.222. The van der Waals surface area contributed by atoms with Gasteiger partial charge in [0.1, 0.15) is 5.75 Å². The van der Waals surface area contributed by atoms with Crippen molar-refractivity contribution in [2.24, 2.45) is 12.0 Å². The summed E-state index contributed by atoms with van der Waals surface area (Å²) in [7, 11) is 1.93. The zero-order valence-electron chi connectivity index (χ0n) is 13.2. The Bertz CT molecular complexity index is 891. The molecule has 118 valence electrons. The van der Waals surface area contributed by atoms with Crippen LogP contribution in [0.3, 0.4) is 0 Å². The first-order chi connectivity index (χ1) is 11.2. The number of benzene rings is 2. The molecule has 0 aliphatic heterocycles. The van der Waals surface area contributed by atoms with E-state index in [-0.39, 0.29) is 5.91 Å². The second kappa shape index (κ2) is 6.79. The van der Waals surface area contributed by atoms with E-state index in [4.69, 9.17) is 4.74 Å². The second-order valence-electron chi connectivity index (χ2n) is 5.17. The van der Waals surface area contributed by atoms with Crippen molar-refractivity contribution < 1.29 is 9.53 Å². The lowest BCUT2D eigenvalue weighted by Crippen LogP contribution is -2.14. The van der Waals surface area contributed by atoms with Crippen molar-refractivity contribution in [1.29, 1.82) is 0 Å². The number of aromatic nitrogens is 1. The summed E-state index contributed by atoms with van der Waals surface area (Å²) >= 11 is 1.53. The summed E-state index contributed by atoms with van der Waals surface area (Å²) in [5.41, 5.74) is 2.02. The van der Waals surface area contributed by atoms with E-state index in [1.807, 2.05) is 67.1 Å². The van der Waals surface area contributed by atoms with Crippen molar-refractivity contribution >= 4 is 27.5 Å². The van der Waals surface area contributed by atoms with Gasteiger partial charge in [0.15, 0.2) is 4.80 Å². The summed E-state index contributed by atoms with van der Waals surface area (Å²) < 4.78 is 8.48. The van der Waals surface area contributed by atoms with Gasteiger partial charge >= 0.3 is 0 Å². The number of amides is 1. The molecule has 23 heavy (non-hydrogen) atoms. The molecular formula is C18H18N2O2S. The first kappa shape index (κ1) is 15.5. The molecule has 1 aromatic heterocycles. The molecule has 0 bridgehead atoms. The summed E-state index contributed by atoms with van der Waals surface area (Å²) in [6.07, 6.45) is 0.292. The number of aryl methyl sites for hydroxylation is 1. The van der Waals surface area contributed by atoms with Gasteiger partial charge in [0.25, 0.3) is 5.91 Å². The average molecular weight is 326 g/mol. The van der Waals surface area contributed by atoms with E-state index < -0.39 is 0 Å². The van der Waals surface area contributed by atoms with Crippen molar-refractivity contribution in [1.82, 2.24) is 4.57 Å². The number of fused-ring (bicyclic) bond motifs is 1. The van der Waals surface area contributed by atoms with E-state index in [0.717, 1.165) is 26.3 Å². The Hall–Kier alpha value is -2.40. The molecule has 0 spiro atoms. The van der Waals surface area contributed by atoms with Crippen molar-refractivity contribution in [2.45, 2.75) is 13.3 Å². The minimum atomic E-state index is -0.142. The minimum absolute atomic E-state index is 0.142. The molecule has 0 saturated heterocycles. The van der Waals surface area contributed by atoms with Gasteiger partial charge in [-0.25, -0.2) is 0 Å². The van der Waals surface area contributed by atoms with Gasteiger partial charge in [0.05, 0.1) is 23.2 Å². The van der Waals surface area contributed by atoms with Crippen LogP contribution in [0.1, 0.15) is 12.5 Å². The van der Waals surface area contributed by atoms with Crippen LogP contribution in [0.25, 0.3) is 10.2 Å². The number of nitrogens with zero attached hydrogens (tertiary/aromatic N) is 2. The fourth-order valence-corrected chi connectivity index (χ4v) is 3.41. The number of carbonyl (C=O) groups is 1. The Morgan fingerprint density at radius 2 is 1.91 bits per heavy atom. The normalized spacial score (nSPS) is 11.8. The monoisotopic (exact) mass is 326 g/mol. The summed E-state index contributed by atoms with van der Waals surface area (Å²) in [5, 5.41) is 0. The van der Waals surface area contributed by atoms with Crippen LogP contribution in [0.4, 0.5) is 0 Å².